The molecule has 0 heterocycles. The summed E-state index contributed by atoms with van der Waals surface area (Å²) in [5.74, 6) is 0.497. The second-order valence-electron chi connectivity index (χ2n) is 6.20. The average molecular weight is 334 g/mol. The van der Waals surface area contributed by atoms with Gasteiger partial charge in [-0.15, -0.1) is 0 Å². The van der Waals surface area contributed by atoms with Crippen LogP contribution in [-0.4, -0.2) is 13.0 Å². The van der Waals surface area contributed by atoms with Crippen molar-refractivity contribution in [2.75, 3.05) is 18.2 Å². The van der Waals surface area contributed by atoms with Crippen LogP contribution < -0.4 is 15.8 Å². The van der Waals surface area contributed by atoms with Gasteiger partial charge in [0, 0.05) is 11.4 Å². The summed E-state index contributed by atoms with van der Waals surface area (Å²) in [6, 6.07) is 17.5. The summed E-state index contributed by atoms with van der Waals surface area (Å²) in [7, 11) is 1.65. The minimum absolute atomic E-state index is 0.0541. The minimum Gasteiger partial charge on any atom is -0.497 e. The van der Waals surface area contributed by atoms with Gasteiger partial charge >= 0.3 is 0 Å². The third-order valence-corrected chi connectivity index (χ3v) is 4.60. The van der Waals surface area contributed by atoms with Crippen molar-refractivity contribution >= 4 is 28.1 Å². The van der Waals surface area contributed by atoms with E-state index in [1.54, 1.807) is 7.11 Å². The Morgan fingerprint density at radius 3 is 2.56 bits per heavy atom. The Bertz CT molecular complexity index is 934. The molecule has 128 valence electrons. The molecule has 0 radical (unpaired) electrons. The first-order valence-corrected chi connectivity index (χ1v) is 8.23. The van der Waals surface area contributed by atoms with Crippen LogP contribution in [0.25, 0.3) is 10.8 Å². The molecule has 3 rings (SSSR count). The summed E-state index contributed by atoms with van der Waals surface area (Å²) in [5.41, 5.74) is 9.18. The van der Waals surface area contributed by atoms with E-state index in [9.17, 15) is 4.79 Å². The Balaban J connectivity index is 1.84. The third-order valence-electron chi connectivity index (χ3n) is 4.60. The predicted octanol–water partition coefficient (Wildman–Crippen LogP) is 4.48. The topological polar surface area (TPSA) is 64.3 Å². The number of amides is 1. The van der Waals surface area contributed by atoms with E-state index < -0.39 is 0 Å². The van der Waals surface area contributed by atoms with Crippen LogP contribution in [0.4, 0.5) is 11.4 Å². The van der Waals surface area contributed by atoms with Gasteiger partial charge in [0.1, 0.15) is 5.75 Å². The number of carbonyl (C=O) groups excluding carboxylic acids is 1. The lowest BCUT2D eigenvalue weighted by atomic mass is 9.96. The fraction of sp³-hybridized carbons (Fsp3) is 0.190. The number of nitrogens with one attached hydrogen (secondary N) is 1. The minimum atomic E-state index is -0.271. The van der Waals surface area contributed by atoms with Crippen molar-refractivity contribution in [3.8, 4) is 5.75 Å². The first-order valence-electron chi connectivity index (χ1n) is 8.23. The van der Waals surface area contributed by atoms with E-state index in [1.165, 1.54) is 0 Å². The van der Waals surface area contributed by atoms with Crippen molar-refractivity contribution in [2.45, 2.75) is 19.8 Å². The molecule has 4 nitrogen and oxygen atoms in total. The van der Waals surface area contributed by atoms with Gasteiger partial charge in [-0.3, -0.25) is 4.79 Å². The number of hydrogen-bond acceptors (Lipinski definition) is 3. The number of nitrogens with two attached hydrogens (primary N) is 1. The molecule has 0 fully saturated rings. The van der Waals surface area contributed by atoms with Gasteiger partial charge in [0.15, 0.2) is 0 Å². The quantitative estimate of drug-likeness (QED) is 0.691. The number of fused-ring (bicyclic) bond motifs is 1. The monoisotopic (exact) mass is 334 g/mol. The van der Waals surface area contributed by atoms with Gasteiger partial charge in [0.2, 0.25) is 5.91 Å². The van der Waals surface area contributed by atoms with Crippen LogP contribution >= 0.6 is 0 Å². The molecule has 0 saturated heterocycles. The Kier molecular flexibility index (Phi) is 4.61. The number of benzene rings is 3. The molecule has 1 amide bonds. The second kappa shape index (κ2) is 6.85. The van der Waals surface area contributed by atoms with Crippen LogP contribution in [0.2, 0.25) is 0 Å². The van der Waals surface area contributed by atoms with Crippen molar-refractivity contribution in [3.63, 3.8) is 0 Å². The molecule has 3 N–H and O–H groups in total. The highest BCUT2D eigenvalue weighted by Gasteiger charge is 2.17. The maximum atomic E-state index is 12.6. The molecule has 4 heteroatoms. The van der Waals surface area contributed by atoms with Crippen molar-refractivity contribution in [3.05, 3.63) is 65.7 Å². The smallest absolute Gasteiger partial charge is 0.231 e. The van der Waals surface area contributed by atoms with Crippen LogP contribution in [0.5, 0.6) is 5.75 Å². The first-order chi connectivity index (χ1) is 12.0. The summed E-state index contributed by atoms with van der Waals surface area (Å²) in [6.07, 6.45) is 0. The number of nitrogen functional groups attached to an aromatic ring is 1. The second-order valence-corrected chi connectivity index (χ2v) is 6.20. The molecule has 0 aliphatic carbocycles. The third kappa shape index (κ3) is 3.43. The zero-order valence-corrected chi connectivity index (χ0v) is 14.7. The van der Waals surface area contributed by atoms with E-state index in [2.05, 4.69) is 5.32 Å². The number of methoxy groups -OCH3 is 1. The highest BCUT2D eigenvalue weighted by molar-refractivity contribution is 5.97. The van der Waals surface area contributed by atoms with E-state index in [-0.39, 0.29) is 11.8 Å². The van der Waals surface area contributed by atoms with Crippen molar-refractivity contribution < 1.29 is 9.53 Å². The average Bonchev–Trinajstić information content (AvgIpc) is 2.63. The molecule has 25 heavy (non-hydrogen) atoms. The molecule has 1 unspecified atom stereocenters. The van der Waals surface area contributed by atoms with Gasteiger partial charge in [-0.2, -0.15) is 0 Å². The normalized spacial score (nSPS) is 12.0. The number of rotatable bonds is 4. The molecule has 0 aromatic heterocycles. The van der Waals surface area contributed by atoms with Crippen molar-refractivity contribution in [1.29, 1.82) is 0 Å². The van der Waals surface area contributed by atoms with Crippen LogP contribution in [0.15, 0.2) is 54.6 Å². The Morgan fingerprint density at radius 2 is 1.80 bits per heavy atom. The lowest BCUT2D eigenvalue weighted by Crippen LogP contribution is -2.19. The van der Waals surface area contributed by atoms with Gasteiger partial charge < -0.3 is 15.8 Å². The zero-order chi connectivity index (χ0) is 18.0. The Hall–Kier alpha value is -3.01. The van der Waals surface area contributed by atoms with E-state index in [0.29, 0.717) is 5.69 Å². The lowest BCUT2D eigenvalue weighted by molar-refractivity contribution is -0.117. The Morgan fingerprint density at radius 1 is 1.08 bits per heavy atom. The van der Waals surface area contributed by atoms with Gasteiger partial charge in [-0.1, -0.05) is 30.3 Å². The summed E-state index contributed by atoms with van der Waals surface area (Å²) in [4.78, 5) is 12.6. The molecular weight excluding hydrogens is 312 g/mol. The van der Waals surface area contributed by atoms with E-state index in [1.807, 2.05) is 68.4 Å². The first kappa shape index (κ1) is 16.8. The maximum Gasteiger partial charge on any atom is 0.231 e. The summed E-state index contributed by atoms with van der Waals surface area (Å²) < 4.78 is 5.25. The zero-order valence-electron chi connectivity index (χ0n) is 14.7. The van der Waals surface area contributed by atoms with Crippen LogP contribution in [0.1, 0.15) is 24.0 Å². The number of anilines is 2. The standard InChI is InChI=1S/C21H22N2O2/c1-13(21(24)23-20-6-4-5-19(22)14(20)2)15-7-8-17-12-18(25-3)10-9-16(17)11-15/h4-13H,22H2,1-3H3,(H,23,24). The van der Waals surface area contributed by atoms with Crippen molar-refractivity contribution in [1.82, 2.24) is 0 Å². The Labute approximate surface area is 147 Å². The summed E-state index contributed by atoms with van der Waals surface area (Å²) in [5, 5.41) is 5.14. The number of carbonyl (C=O) groups is 1. The number of ether oxygens (including phenoxy) is 1. The van der Waals surface area contributed by atoms with Crippen LogP contribution in [0.3, 0.4) is 0 Å². The molecular formula is C21H22N2O2. The van der Waals surface area contributed by atoms with E-state index >= 15 is 0 Å². The molecule has 3 aromatic rings. The highest BCUT2D eigenvalue weighted by atomic mass is 16.5. The fourth-order valence-corrected chi connectivity index (χ4v) is 2.82. The molecule has 1 atom stereocenters. The molecule has 0 spiro atoms. The van der Waals surface area contributed by atoms with Gasteiger partial charge in [0.25, 0.3) is 0 Å². The van der Waals surface area contributed by atoms with Gasteiger partial charge in [0.05, 0.1) is 13.0 Å². The molecule has 0 saturated carbocycles. The molecule has 3 aromatic carbocycles. The van der Waals surface area contributed by atoms with Gasteiger partial charge in [-0.25, -0.2) is 0 Å². The largest absolute Gasteiger partial charge is 0.497 e. The molecule has 0 aliphatic rings. The maximum absolute atomic E-state index is 12.6. The van der Waals surface area contributed by atoms with E-state index in [0.717, 1.165) is 33.3 Å². The summed E-state index contributed by atoms with van der Waals surface area (Å²) in [6.45, 7) is 3.81. The van der Waals surface area contributed by atoms with Gasteiger partial charge in [-0.05, 0) is 60.0 Å². The fourth-order valence-electron chi connectivity index (χ4n) is 2.82. The van der Waals surface area contributed by atoms with Crippen LogP contribution in [-0.2, 0) is 4.79 Å². The van der Waals surface area contributed by atoms with Crippen molar-refractivity contribution in [2.24, 2.45) is 0 Å². The summed E-state index contributed by atoms with van der Waals surface area (Å²) >= 11 is 0. The number of hydrogen-bond donors (Lipinski definition) is 2. The lowest BCUT2D eigenvalue weighted by Gasteiger charge is -2.15. The highest BCUT2D eigenvalue weighted by Crippen LogP contribution is 2.27. The predicted molar refractivity (Wildman–Crippen MR) is 103 cm³/mol. The SMILES string of the molecule is COc1ccc2cc(C(C)C(=O)Nc3cccc(N)c3C)ccc2c1. The van der Waals surface area contributed by atoms with Crippen LogP contribution in [0, 0.1) is 6.92 Å². The molecule has 0 aliphatic heterocycles. The van der Waals surface area contributed by atoms with E-state index in [4.69, 9.17) is 10.5 Å². The molecule has 0 bridgehead atoms.